The van der Waals surface area contributed by atoms with Crippen LogP contribution < -0.4 is 5.73 Å². The number of halogens is 6. The average Bonchev–Trinajstić information content (AvgIpc) is 2.73. The average molecular weight is 341 g/mol. The van der Waals surface area contributed by atoms with Gasteiger partial charge in [-0.2, -0.15) is 26.3 Å². The van der Waals surface area contributed by atoms with Gasteiger partial charge in [-0.05, 0) is 42.6 Å². The molecule has 3 nitrogen and oxygen atoms in total. The fraction of sp³-hybridized carbons (Fsp3) is 0.500. The lowest BCUT2D eigenvalue weighted by Gasteiger charge is -2.25. The first-order chi connectivity index (χ1) is 10.4. The van der Waals surface area contributed by atoms with Crippen molar-refractivity contribution in [2.24, 2.45) is 11.1 Å². The largest absolute Gasteiger partial charge is 0.481 e. The van der Waals surface area contributed by atoms with Crippen LogP contribution in [0.4, 0.5) is 26.3 Å². The SMILES string of the molecule is NCC1(CC(=O)O)Cc2c(C(F)(F)F)ccc(C(F)(F)F)c2C1. The second kappa shape index (κ2) is 5.40. The number of fused-ring (bicyclic) bond motifs is 1. The van der Waals surface area contributed by atoms with Crippen molar-refractivity contribution in [3.05, 3.63) is 34.4 Å². The summed E-state index contributed by atoms with van der Waals surface area (Å²) in [7, 11) is 0. The summed E-state index contributed by atoms with van der Waals surface area (Å²) in [6.45, 7) is -0.317. The van der Waals surface area contributed by atoms with Crippen LogP contribution in [0.3, 0.4) is 0 Å². The molecule has 1 aromatic rings. The number of hydrogen-bond donors (Lipinski definition) is 2. The van der Waals surface area contributed by atoms with Crippen LogP contribution in [0.2, 0.25) is 0 Å². The molecule has 3 N–H and O–H groups in total. The standard InChI is InChI=1S/C14H13F6NO2/c15-13(16,17)9-1-2-10(14(18,19)20)8-4-12(6-21,3-7(8)9)5-11(22)23/h1-2H,3-6,21H2,(H,22,23). The summed E-state index contributed by atoms with van der Waals surface area (Å²) in [6, 6.07) is 0.796. The predicted molar refractivity (Wildman–Crippen MR) is 67.6 cm³/mol. The Hall–Kier alpha value is -1.77. The van der Waals surface area contributed by atoms with Gasteiger partial charge in [-0.15, -0.1) is 0 Å². The third kappa shape index (κ3) is 3.29. The number of nitrogens with two attached hydrogens (primary N) is 1. The summed E-state index contributed by atoms with van der Waals surface area (Å²) in [5, 5.41) is 8.91. The van der Waals surface area contributed by atoms with Gasteiger partial charge < -0.3 is 10.8 Å². The molecular weight excluding hydrogens is 328 g/mol. The molecule has 23 heavy (non-hydrogen) atoms. The van der Waals surface area contributed by atoms with Gasteiger partial charge in [0, 0.05) is 5.41 Å². The van der Waals surface area contributed by atoms with Crippen molar-refractivity contribution in [1.29, 1.82) is 0 Å². The maximum Gasteiger partial charge on any atom is 0.416 e. The first-order valence-electron chi connectivity index (χ1n) is 6.61. The molecule has 0 heterocycles. The zero-order valence-corrected chi connectivity index (χ0v) is 11.7. The molecule has 0 bridgehead atoms. The summed E-state index contributed by atoms with van der Waals surface area (Å²) in [6.07, 6.45) is -11.1. The Morgan fingerprint density at radius 1 is 1.04 bits per heavy atom. The van der Waals surface area contributed by atoms with Crippen LogP contribution in [-0.4, -0.2) is 17.6 Å². The molecular formula is C14H13F6NO2. The summed E-state index contributed by atoms with van der Waals surface area (Å²) < 4.78 is 78.4. The van der Waals surface area contributed by atoms with E-state index in [0.717, 1.165) is 0 Å². The molecule has 0 amide bonds. The number of benzene rings is 1. The Kier molecular flexibility index (Phi) is 4.13. The van der Waals surface area contributed by atoms with Gasteiger partial charge in [0.25, 0.3) is 0 Å². The molecule has 128 valence electrons. The molecule has 0 radical (unpaired) electrons. The van der Waals surface area contributed by atoms with E-state index in [2.05, 4.69) is 0 Å². The van der Waals surface area contributed by atoms with Gasteiger partial charge >= 0.3 is 18.3 Å². The maximum atomic E-state index is 13.1. The summed E-state index contributed by atoms with van der Waals surface area (Å²) in [4.78, 5) is 10.9. The quantitative estimate of drug-likeness (QED) is 0.830. The molecule has 0 atom stereocenters. The molecule has 0 fully saturated rings. The van der Waals surface area contributed by atoms with Gasteiger partial charge in [-0.25, -0.2) is 0 Å². The van der Waals surface area contributed by atoms with Crippen molar-refractivity contribution in [3.63, 3.8) is 0 Å². The highest BCUT2D eigenvalue weighted by atomic mass is 19.4. The third-order valence-corrected chi connectivity index (χ3v) is 4.10. The Morgan fingerprint density at radius 2 is 1.43 bits per heavy atom. The maximum absolute atomic E-state index is 13.1. The highest BCUT2D eigenvalue weighted by molar-refractivity contribution is 5.68. The van der Waals surface area contributed by atoms with Crippen molar-refractivity contribution >= 4 is 5.97 Å². The zero-order chi connectivity index (χ0) is 17.6. The van der Waals surface area contributed by atoms with E-state index in [1.165, 1.54) is 0 Å². The van der Waals surface area contributed by atoms with Crippen LogP contribution >= 0.6 is 0 Å². The lowest BCUT2D eigenvalue weighted by atomic mass is 9.81. The number of aliphatic carboxylic acids is 1. The number of alkyl halides is 6. The monoisotopic (exact) mass is 341 g/mol. The summed E-state index contributed by atoms with van der Waals surface area (Å²) in [5.74, 6) is -1.31. The highest BCUT2D eigenvalue weighted by Crippen LogP contribution is 2.48. The molecule has 0 saturated heterocycles. The van der Waals surface area contributed by atoms with Crippen LogP contribution in [0.1, 0.15) is 28.7 Å². The van der Waals surface area contributed by atoms with Crippen molar-refractivity contribution in [1.82, 2.24) is 0 Å². The second-order valence-electron chi connectivity index (χ2n) is 5.74. The van der Waals surface area contributed by atoms with E-state index in [-0.39, 0.29) is 6.54 Å². The van der Waals surface area contributed by atoms with Crippen molar-refractivity contribution < 1.29 is 36.2 Å². The van der Waals surface area contributed by atoms with Gasteiger partial charge in [0.2, 0.25) is 0 Å². The molecule has 2 rings (SSSR count). The fourth-order valence-electron chi connectivity index (χ4n) is 3.10. The van der Waals surface area contributed by atoms with E-state index in [4.69, 9.17) is 10.8 Å². The topological polar surface area (TPSA) is 63.3 Å². The first-order valence-corrected chi connectivity index (χ1v) is 6.61. The van der Waals surface area contributed by atoms with Crippen LogP contribution in [0.5, 0.6) is 0 Å². The molecule has 9 heteroatoms. The van der Waals surface area contributed by atoms with E-state index >= 15 is 0 Å². The normalized spacial score (nSPS) is 17.2. The van der Waals surface area contributed by atoms with Gasteiger partial charge in [0.15, 0.2) is 0 Å². The number of rotatable bonds is 3. The third-order valence-electron chi connectivity index (χ3n) is 4.10. The van der Waals surface area contributed by atoms with Crippen LogP contribution in [0.15, 0.2) is 12.1 Å². The first kappa shape index (κ1) is 17.6. The van der Waals surface area contributed by atoms with Crippen molar-refractivity contribution in [3.8, 4) is 0 Å². The zero-order valence-electron chi connectivity index (χ0n) is 11.7. The number of hydrogen-bond acceptors (Lipinski definition) is 2. The second-order valence-corrected chi connectivity index (χ2v) is 5.74. The molecule has 0 aromatic heterocycles. The molecule has 1 aliphatic carbocycles. The molecule has 1 aromatic carbocycles. The van der Waals surface area contributed by atoms with Gasteiger partial charge in [0.05, 0.1) is 17.5 Å². The molecule has 0 unspecified atom stereocenters. The van der Waals surface area contributed by atoms with E-state index < -0.39 is 65.3 Å². The van der Waals surface area contributed by atoms with Crippen molar-refractivity contribution in [2.45, 2.75) is 31.6 Å². The Morgan fingerprint density at radius 3 is 1.70 bits per heavy atom. The Labute approximate surface area is 127 Å². The van der Waals surface area contributed by atoms with Gasteiger partial charge in [0.1, 0.15) is 0 Å². The molecule has 1 aliphatic rings. The van der Waals surface area contributed by atoms with Crippen LogP contribution in [0.25, 0.3) is 0 Å². The van der Waals surface area contributed by atoms with E-state index in [0.29, 0.717) is 12.1 Å². The minimum atomic E-state index is -4.82. The van der Waals surface area contributed by atoms with Crippen LogP contribution in [-0.2, 0) is 30.0 Å². The van der Waals surface area contributed by atoms with E-state index in [9.17, 15) is 31.1 Å². The lowest BCUT2D eigenvalue weighted by Crippen LogP contribution is -2.34. The summed E-state index contributed by atoms with van der Waals surface area (Å²) >= 11 is 0. The van der Waals surface area contributed by atoms with Gasteiger partial charge in [-0.1, -0.05) is 0 Å². The van der Waals surface area contributed by atoms with Gasteiger partial charge in [-0.3, -0.25) is 4.79 Å². The smallest absolute Gasteiger partial charge is 0.416 e. The molecule has 0 aliphatic heterocycles. The van der Waals surface area contributed by atoms with Crippen molar-refractivity contribution in [2.75, 3.05) is 6.54 Å². The number of carboxylic acid groups (broad SMARTS) is 1. The number of carboxylic acids is 1. The Balaban J connectivity index is 2.63. The molecule has 0 saturated carbocycles. The van der Waals surface area contributed by atoms with Crippen LogP contribution in [0, 0.1) is 5.41 Å². The molecule has 0 spiro atoms. The minimum absolute atomic E-state index is 0.317. The fourth-order valence-corrected chi connectivity index (χ4v) is 3.10. The highest BCUT2D eigenvalue weighted by Gasteiger charge is 2.47. The predicted octanol–water partition coefficient (Wildman–Crippen LogP) is 3.24. The number of carbonyl (C=O) groups is 1. The summed E-state index contributed by atoms with van der Waals surface area (Å²) in [5.41, 5.74) is 0.818. The van der Waals surface area contributed by atoms with E-state index in [1.54, 1.807) is 0 Å². The van der Waals surface area contributed by atoms with E-state index in [1.807, 2.05) is 0 Å². The minimum Gasteiger partial charge on any atom is -0.481 e. The Bertz CT molecular complexity index is 592. The lowest BCUT2D eigenvalue weighted by molar-refractivity contribution is -0.142.